The topological polar surface area (TPSA) is 131 Å². The van der Waals surface area contributed by atoms with Gasteiger partial charge in [-0.2, -0.15) is 12.4 Å². The molecule has 35 heavy (non-hydrogen) atoms. The summed E-state index contributed by atoms with van der Waals surface area (Å²) >= 11 is 0. The average molecular weight is 483 g/mol. The summed E-state index contributed by atoms with van der Waals surface area (Å²) in [4.78, 5) is 17.1. The van der Waals surface area contributed by atoms with Crippen LogP contribution in [0.2, 0.25) is 0 Å². The van der Waals surface area contributed by atoms with Gasteiger partial charge in [-0.1, -0.05) is 23.8 Å². The molecule has 0 fully saturated rings. The quantitative estimate of drug-likeness (QED) is 0.293. The van der Waals surface area contributed by atoms with E-state index in [1.54, 1.807) is 42.7 Å². The molecule has 3 unspecified atom stereocenters. The van der Waals surface area contributed by atoms with E-state index in [1.807, 2.05) is 6.07 Å². The van der Waals surface area contributed by atoms with E-state index >= 15 is 0 Å². The normalized spacial score (nSPS) is 13.7. The van der Waals surface area contributed by atoms with Crippen molar-refractivity contribution in [2.75, 3.05) is 20.8 Å². The zero-order chi connectivity index (χ0) is 25.4. The summed E-state index contributed by atoms with van der Waals surface area (Å²) in [5, 5.41) is 40.7. The number of Topliss-reactive ketones (excluding diaryl/α,β-unsaturated/α-hetero) is 1. The Morgan fingerprint density at radius 3 is 1.97 bits per heavy atom. The second kappa shape index (κ2) is 12.3. The number of aliphatic hydroxyl groups is 2. The van der Waals surface area contributed by atoms with Crippen LogP contribution in [-0.4, -0.2) is 53.1 Å². The molecule has 1 heterocycles. The lowest BCUT2D eigenvalue weighted by Gasteiger charge is -2.25. The molecule has 3 aromatic rings. The Morgan fingerprint density at radius 2 is 1.46 bits per heavy atom. The van der Waals surface area contributed by atoms with Gasteiger partial charge in [0.05, 0.1) is 26.9 Å². The van der Waals surface area contributed by atoms with Crippen LogP contribution in [0.15, 0.2) is 54.9 Å². The van der Waals surface area contributed by atoms with Gasteiger partial charge in [0.2, 0.25) is 0 Å². The average Bonchev–Trinajstić information content (AvgIpc) is 3.37. The summed E-state index contributed by atoms with van der Waals surface area (Å²) in [6.45, 7) is -0.360. The van der Waals surface area contributed by atoms with Gasteiger partial charge in [0.15, 0.2) is 23.0 Å². The van der Waals surface area contributed by atoms with E-state index in [0.717, 1.165) is 16.7 Å². The van der Waals surface area contributed by atoms with Crippen LogP contribution >= 0.6 is 0 Å². The molecule has 0 amide bonds. The van der Waals surface area contributed by atoms with Gasteiger partial charge in [-0.15, -0.1) is 0 Å². The first-order valence-corrected chi connectivity index (χ1v) is 11.4. The fourth-order valence-corrected chi connectivity index (χ4v) is 4.19. The number of aromatic nitrogens is 1. The van der Waals surface area contributed by atoms with Crippen LogP contribution in [0.1, 0.15) is 23.1 Å². The number of nitrogens with zero attached hydrogens (tertiary/aromatic N) is 1. The van der Waals surface area contributed by atoms with Crippen LogP contribution in [0.4, 0.5) is 0 Å². The Hall–Kier alpha value is -3.49. The van der Waals surface area contributed by atoms with Gasteiger partial charge in [-0.05, 0) is 60.6 Å². The van der Waals surface area contributed by atoms with E-state index in [2.05, 4.69) is 4.98 Å². The van der Waals surface area contributed by atoms with Crippen molar-refractivity contribution >= 4 is 5.78 Å². The van der Waals surface area contributed by atoms with Crippen molar-refractivity contribution in [1.82, 2.24) is 4.98 Å². The monoisotopic (exact) mass is 482 g/mol. The van der Waals surface area contributed by atoms with Crippen LogP contribution in [-0.2, 0) is 24.1 Å². The smallest absolute Gasteiger partial charge is 0.160 e. The first kappa shape index (κ1) is 26.1. The molecule has 0 bridgehead atoms. The first-order chi connectivity index (χ1) is 16.8. The summed E-state index contributed by atoms with van der Waals surface area (Å²) in [7, 11) is 2.91. The molecule has 8 heteroatoms. The van der Waals surface area contributed by atoms with E-state index in [9.17, 15) is 25.2 Å². The molecule has 0 aliphatic rings. The Labute approximate surface area is 204 Å². The van der Waals surface area contributed by atoms with Crippen molar-refractivity contribution in [3.05, 3.63) is 71.5 Å². The number of methoxy groups -OCH3 is 2. The number of ketones is 1. The van der Waals surface area contributed by atoms with Crippen LogP contribution in [0.3, 0.4) is 0 Å². The Balaban J connectivity index is 1.73. The van der Waals surface area contributed by atoms with Gasteiger partial charge in [-0.3, -0.25) is 4.79 Å². The third kappa shape index (κ3) is 7.00. The maximum Gasteiger partial charge on any atom is 0.160 e. The Morgan fingerprint density at radius 1 is 0.886 bits per heavy atom. The molecule has 0 saturated carbocycles. The molecule has 3 rings (SSSR count). The number of hydrogen-bond donors (Lipinski definition) is 4. The highest BCUT2D eigenvalue weighted by molar-refractivity contribution is 5.82. The lowest BCUT2D eigenvalue weighted by molar-refractivity contribution is -0.126. The van der Waals surface area contributed by atoms with Crippen molar-refractivity contribution < 1.29 is 34.7 Å². The number of hydrogen-bond acceptors (Lipinski definition) is 7. The van der Waals surface area contributed by atoms with Crippen molar-refractivity contribution in [3.63, 3.8) is 0 Å². The van der Waals surface area contributed by atoms with Crippen molar-refractivity contribution in [2.45, 2.75) is 31.8 Å². The first-order valence-electron chi connectivity index (χ1n) is 11.4. The highest BCUT2D eigenvalue weighted by Gasteiger charge is 2.27. The number of aromatic hydroxyl groups is 2. The molecule has 0 saturated heterocycles. The number of benzene rings is 2. The van der Waals surface area contributed by atoms with Crippen LogP contribution < -0.4 is 14.5 Å². The van der Waals surface area contributed by atoms with Gasteiger partial charge in [0.25, 0.3) is 0 Å². The van der Waals surface area contributed by atoms with E-state index in [4.69, 9.17) is 9.47 Å². The van der Waals surface area contributed by atoms with Crippen LogP contribution in [0.5, 0.6) is 23.0 Å². The fourth-order valence-electron chi connectivity index (χ4n) is 4.19. The standard InChI is InChI=1S/C27H32NO7/c1-34-26-12-17(3-5-22(26)30)9-20(11-19-7-8-28-15-19)24(32)14-25(33)21(16-29)10-18-4-6-23(31)27(13-18)35-2/h3-8,12-13,15,20-21,24,29-32H,9-11,14,16H2,1-2H3/q-1. The summed E-state index contributed by atoms with van der Waals surface area (Å²) in [6, 6.07) is 11.7. The molecule has 1 aromatic heterocycles. The molecule has 0 radical (unpaired) electrons. The van der Waals surface area contributed by atoms with Gasteiger partial charge in [0, 0.05) is 12.3 Å². The molecule has 4 N–H and O–H groups in total. The minimum Gasteiger partial charge on any atom is -0.670 e. The van der Waals surface area contributed by atoms with Gasteiger partial charge >= 0.3 is 0 Å². The number of ether oxygens (including phenoxy) is 2. The predicted molar refractivity (Wildman–Crippen MR) is 130 cm³/mol. The number of phenolic OH excluding ortho intramolecular Hbond substituents is 2. The largest absolute Gasteiger partial charge is 0.670 e. The molecule has 0 aliphatic carbocycles. The van der Waals surface area contributed by atoms with Crippen LogP contribution in [0, 0.1) is 11.8 Å². The lowest BCUT2D eigenvalue weighted by atomic mass is 9.84. The van der Waals surface area contributed by atoms with Crippen molar-refractivity contribution in [3.8, 4) is 23.0 Å². The zero-order valence-electron chi connectivity index (χ0n) is 19.9. The minimum absolute atomic E-state index is 0.00532. The van der Waals surface area contributed by atoms with E-state index in [0.29, 0.717) is 24.3 Å². The predicted octanol–water partition coefficient (Wildman–Crippen LogP) is 2.64. The Bertz CT molecular complexity index is 1100. The summed E-state index contributed by atoms with van der Waals surface area (Å²) in [6.07, 6.45) is 3.56. The molecule has 0 spiro atoms. The van der Waals surface area contributed by atoms with E-state index < -0.39 is 12.0 Å². The minimum atomic E-state index is -0.958. The highest BCUT2D eigenvalue weighted by atomic mass is 16.5. The summed E-state index contributed by atoms with van der Waals surface area (Å²) in [5.41, 5.74) is 2.53. The third-order valence-corrected chi connectivity index (χ3v) is 6.21. The lowest BCUT2D eigenvalue weighted by Crippen LogP contribution is -2.31. The molecule has 0 aliphatic heterocycles. The van der Waals surface area contributed by atoms with Crippen molar-refractivity contribution in [2.24, 2.45) is 11.8 Å². The second-order valence-corrected chi connectivity index (χ2v) is 8.67. The highest BCUT2D eigenvalue weighted by Crippen LogP contribution is 2.30. The molecular formula is C27H32NO7-. The number of rotatable bonds is 13. The van der Waals surface area contributed by atoms with E-state index in [-0.39, 0.29) is 42.6 Å². The molecular weight excluding hydrogens is 450 g/mol. The molecule has 8 nitrogen and oxygen atoms in total. The number of carbonyl (C=O) groups excluding carboxylic acids is 1. The van der Waals surface area contributed by atoms with Gasteiger partial charge in [-0.25, -0.2) is 0 Å². The number of phenols is 2. The number of carbonyl (C=O) groups is 1. The fraction of sp³-hybridized carbons (Fsp3) is 0.370. The third-order valence-electron chi connectivity index (χ3n) is 6.21. The van der Waals surface area contributed by atoms with Crippen molar-refractivity contribution in [1.29, 1.82) is 0 Å². The molecule has 3 atom stereocenters. The zero-order valence-corrected chi connectivity index (χ0v) is 19.9. The summed E-state index contributed by atoms with van der Waals surface area (Å²) < 4.78 is 10.3. The maximum atomic E-state index is 13.0. The van der Waals surface area contributed by atoms with Gasteiger partial charge in [0.1, 0.15) is 5.78 Å². The molecule has 2 aromatic carbocycles. The maximum absolute atomic E-state index is 13.0. The van der Waals surface area contributed by atoms with Gasteiger partial charge < -0.3 is 34.9 Å². The second-order valence-electron chi connectivity index (χ2n) is 8.67. The van der Waals surface area contributed by atoms with E-state index in [1.165, 1.54) is 20.3 Å². The van der Waals surface area contributed by atoms with Crippen LogP contribution in [0.25, 0.3) is 0 Å². The Kier molecular flexibility index (Phi) is 9.17. The molecule has 188 valence electrons. The summed E-state index contributed by atoms with van der Waals surface area (Å²) in [5.74, 6) is -0.596. The number of aliphatic hydroxyl groups excluding tert-OH is 2. The SMILES string of the molecule is COc1cc(CC(CO)C(=O)CC(O)C(Cc2cc[n-]c2)Cc2ccc(O)c(OC)c2)ccc1O.